The molecule has 0 saturated carbocycles. The number of nitrogens with zero attached hydrogens (tertiary/aromatic N) is 2. The van der Waals surface area contributed by atoms with Crippen LogP contribution in [0.2, 0.25) is 0 Å². The molecule has 1 aliphatic heterocycles. The van der Waals surface area contributed by atoms with Crippen LogP contribution < -0.4 is 9.84 Å². The molecule has 1 aromatic carbocycles. The normalized spacial score (nSPS) is 17.8. The summed E-state index contributed by atoms with van der Waals surface area (Å²) >= 11 is 0. The first-order chi connectivity index (χ1) is 8.65. The zero-order valence-corrected chi connectivity index (χ0v) is 10.0. The first kappa shape index (κ1) is 12.2. The number of carbonyl (C=O) groups excluding carboxylic acids is 1. The Hall–Kier alpha value is -2.22. The Morgan fingerprint density at radius 1 is 1.67 bits per heavy atom. The molecule has 5 nitrogen and oxygen atoms in total. The van der Waals surface area contributed by atoms with Gasteiger partial charge in [0, 0.05) is 25.4 Å². The first-order valence-electron chi connectivity index (χ1n) is 5.65. The smallest absolute Gasteiger partial charge is 0.137 e. The molecule has 0 N–H and O–H groups in total. The van der Waals surface area contributed by atoms with E-state index in [0.717, 1.165) is 16.9 Å². The van der Waals surface area contributed by atoms with Gasteiger partial charge in [-0.15, -0.1) is 0 Å². The van der Waals surface area contributed by atoms with Gasteiger partial charge >= 0.3 is 0 Å². The average Bonchev–Trinajstić information content (AvgIpc) is 2.38. The quantitative estimate of drug-likeness (QED) is 0.774. The van der Waals surface area contributed by atoms with Crippen LogP contribution in [0.25, 0.3) is 0 Å². The predicted octanol–water partition coefficient (Wildman–Crippen LogP) is 0.851. The third kappa shape index (κ3) is 2.23. The Labute approximate surface area is 105 Å². The second-order valence-corrected chi connectivity index (χ2v) is 4.27. The minimum absolute atomic E-state index is 0.119. The van der Waals surface area contributed by atoms with Crippen molar-refractivity contribution in [1.29, 1.82) is 5.26 Å². The zero-order valence-electron chi connectivity index (χ0n) is 10.0. The van der Waals surface area contributed by atoms with Gasteiger partial charge in [-0.3, -0.25) is 0 Å². The van der Waals surface area contributed by atoms with Crippen molar-refractivity contribution >= 4 is 6.09 Å². The van der Waals surface area contributed by atoms with Gasteiger partial charge in [0.15, 0.2) is 0 Å². The lowest BCUT2D eigenvalue weighted by Crippen LogP contribution is -2.45. The summed E-state index contributed by atoms with van der Waals surface area (Å²) < 4.78 is 5.16. The van der Waals surface area contributed by atoms with Gasteiger partial charge in [-0.1, -0.05) is 6.07 Å². The van der Waals surface area contributed by atoms with Gasteiger partial charge in [0.2, 0.25) is 0 Å². The maximum atomic E-state index is 10.9. The lowest BCUT2D eigenvalue weighted by molar-refractivity contribution is -0.267. The fourth-order valence-corrected chi connectivity index (χ4v) is 2.28. The second-order valence-electron chi connectivity index (χ2n) is 4.27. The molecule has 94 valence electrons. The molecule has 18 heavy (non-hydrogen) atoms. The number of hydrogen-bond donors (Lipinski definition) is 0. The maximum absolute atomic E-state index is 10.9. The van der Waals surface area contributed by atoms with Crippen LogP contribution in [0.15, 0.2) is 18.2 Å². The SMILES string of the molecule is COc1ccc2c(c1)C(CC#N)CN(C(=O)[O-])C2. The number of carbonyl (C=O) groups is 1. The number of fused-ring (bicyclic) bond motifs is 1. The summed E-state index contributed by atoms with van der Waals surface area (Å²) in [5.41, 5.74) is 1.90. The topological polar surface area (TPSA) is 76.4 Å². The number of nitriles is 1. The average molecular weight is 245 g/mol. The molecule has 5 heteroatoms. The fraction of sp³-hybridized carbons (Fsp3) is 0.385. The highest BCUT2D eigenvalue weighted by Crippen LogP contribution is 2.32. The minimum Gasteiger partial charge on any atom is -0.530 e. The molecule has 0 aromatic heterocycles. The van der Waals surface area contributed by atoms with Crippen LogP contribution in [-0.4, -0.2) is 24.6 Å². The van der Waals surface area contributed by atoms with Crippen LogP contribution >= 0.6 is 0 Å². The Bertz CT molecular complexity index is 507. The number of ether oxygens (including phenoxy) is 1. The second kappa shape index (κ2) is 4.96. The van der Waals surface area contributed by atoms with E-state index < -0.39 is 6.09 Å². The van der Waals surface area contributed by atoms with Gasteiger partial charge < -0.3 is 19.5 Å². The van der Waals surface area contributed by atoms with Crippen LogP contribution in [0.3, 0.4) is 0 Å². The molecule has 1 aromatic rings. The van der Waals surface area contributed by atoms with Gasteiger partial charge in [0.25, 0.3) is 0 Å². The van der Waals surface area contributed by atoms with E-state index in [2.05, 4.69) is 6.07 Å². The zero-order chi connectivity index (χ0) is 13.1. The number of rotatable bonds is 2. The summed E-state index contributed by atoms with van der Waals surface area (Å²) in [5, 5.41) is 19.8. The molecule has 0 fully saturated rings. The summed E-state index contributed by atoms with van der Waals surface area (Å²) in [6.07, 6.45) is -0.913. The number of benzene rings is 1. The molecule has 0 saturated heterocycles. The minimum atomic E-state index is -1.19. The Morgan fingerprint density at radius 3 is 3.06 bits per heavy atom. The highest BCUT2D eigenvalue weighted by Gasteiger charge is 2.25. The molecule has 1 unspecified atom stereocenters. The number of hydrogen-bond acceptors (Lipinski definition) is 4. The Kier molecular flexibility index (Phi) is 3.38. The van der Waals surface area contributed by atoms with Crippen molar-refractivity contribution in [3.05, 3.63) is 29.3 Å². The lowest BCUT2D eigenvalue weighted by Gasteiger charge is -2.35. The van der Waals surface area contributed by atoms with Crippen molar-refractivity contribution in [3.8, 4) is 11.8 Å². The molecule has 1 heterocycles. The number of methoxy groups -OCH3 is 1. The van der Waals surface area contributed by atoms with Crippen molar-refractivity contribution in [1.82, 2.24) is 4.90 Å². The van der Waals surface area contributed by atoms with Crippen molar-refractivity contribution < 1.29 is 14.6 Å². The number of carboxylic acid groups (broad SMARTS) is 1. The van der Waals surface area contributed by atoms with E-state index in [1.807, 2.05) is 12.1 Å². The summed E-state index contributed by atoms with van der Waals surface area (Å²) in [5.74, 6) is 0.602. The van der Waals surface area contributed by atoms with Crippen molar-refractivity contribution in [3.63, 3.8) is 0 Å². The molecule has 0 radical (unpaired) electrons. The standard InChI is InChI=1S/C13H14N2O3/c1-18-11-3-2-9-7-15(13(16)17)8-10(4-5-14)12(9)6-11/h2-3,6,10H,4,7-8H2,1H3,(H,16,17)/p-1. The molecule has 1 atom stereocenters. The summed E-state index contributed by atoms with van der Waals surface area (Å²) in [4.78, 5) is 12.2. The van der Waals surface area contributed by atoms with E-state index in [1.54, 1.807) is 13.2 Å². The van der Waals surface area contributed by atoms with E-state index in [9.17, 15) is 9.90 Å². The molecule has 0 spiro atoms. The fourth-order valence-electron chi connectivity index (χ4n) is 2.28. The van der Waals surface area contributed by atoms with Gasteiger partial charge in [0.05, 0.1) is 13.2 Å². The molecule has 0 aliphatic carbocycles. The highest BCUT2D eigenvalue weighted by molar-refractivity contribution is 5.63. The maximum Gasteiger partial charge on any atom is 0.137 e. The summed E-state index contributed by atoms with van der Waals surface area (Å²) in [7, 11) is 1.58. The Morgan fingerprint density at radius 2 is 2.44 bits per heavy atom. The summed E-state index contributed by atoms with van der Waals surface area (Å²) in [6.45, 7) is 0.611. The van der Waals surface area contributed by atoms with Crippen LogP contribution in [-0.2, 0) is 6.54 Å². The molecule has 1 aliphatic rings. The number of amides is 1. The van der Waals surface area contributed by atoms with Gasteiger partial charge in [-0.2, -0.15) is 5.26 Å². The van der Waals surface area contributed by atoms with E-state index in [4.69, 9.17) is 10.00 Å². The molecule has 0 bridgehead atoms. The molecular formula is C13H13N2O3-. The van der Waals surface area contributed by atoms with Crippen molar-refractivity contribution in [2.24, 2.45) is 0 Å². The largest absolute Gasteiger partial charge is 0.530 e. The van der Waals surface area contributed by atoms with Crippen LogP contribution in [0.4, 0.5) is 4.79 Å². The van der Waals surface area contributed by atoms with E-state index in [-0.39, 0.29) is 12.3 Å². The first-order valence-corrected chi connectivity index (χ1v) is 5.65. The summed E-state index contributed by atoms with van der Waals surface area (Å²) in [6, 6.07) is 7.61. The molecule has 2 rings (SSSR count). The van der Waals surface area contributed by atoms with E-state index >= 15 is 0 Å². The lowest BCUT2D eigenvalue weighted by atomic mass is 9.88. The van der Waals surface area contributed by atoms with E-state index in [1.165, 1.54) is 4.90 Å². The monoisotopic (exact) mass is 245 g/mol. The van der Waals surface area contributed by atoms with Crippen molar-refractivity contribution in [2.45, 2.75) is 18.9 Å². The Balaban J connectivity index is 2.38. The van der Waals surface area contributed by atoms with Crippen LogP contribution in [0, 0.1) is 11.3 Å². The van der Waals surface area contributed by atoms with Crippen LogP contribution in [0.5, 0.6) is 5.75 Å². The highest BCUT2D eigenvalue weighted by atomic mass is 16.5. The predicted molar refractivity (Wildman–Crippen MR) is 61.8 cm³/mol. The third-order valence-electron chi connectivity index (χ3n) is 3.19. The van der Waals surface area contributed by atoms with Gasteiger partial charge in [0.1, 0.15) is 11.8 Å². The third-order valence-corrected chi connectivity index (χ3v) is 3.19. The molecular weight excluding hydrogens is 232 g/mol. The van der Waals surface area contributed by atoms with E-state index in [0.29, 0.717) is 13.1 Å². The van der Waals surface area contributed by atoms with Gasteiger partial charge in [-0.05, 0) is 23.3 Å². The molecule has 1 amide bonds. The van der Waals surface area contributed by atoms with Crippen molar-refractivity contribution in [2.75, 3.05) is 13.7 Å². The van der Waals surface area contributed by atoms with Crippen LogP contribution in [0.1, 0.15) is 23.5 Å². The van der Waals surface area contributed by atoms with Gasteiger partial charge in [-0.25, -0.2) is 0 Å².